The van der Waals surface area contributed by atoms with Gasteiger partial charge in [0, 0.05) is 0 Å². The molecule has 100 valence electrons. The predicted molar refractivity (Wildman–Crippen MR) is 64.6 cm³/mol. The third-order valence-electron chi connectivity index (χ3n) is 2.48. The van der Waals surface area contributed by atoms with Crippen LogP contribution in [-0.2, 0) is 22.1 Å². The molecule has 0 fully saturated rings. The molecule has 0 spiro atoms. The predicted octanol–water partition coefficient (Wildman–Crippen LogP) is 3.49. The van der Waals surface area contributed by atoms with Crippen LogP contribution < -0.4 is 0 Å². The molecule has 0 saturated heterocycles. The Morgan fingerprint density at radius 3 is 2.56 bits per heavy atom. The molecule has 2 nitrogen and oxygen atoms in total. The molecule has 0 bridgehead atoms. The van der Waals surface area contributed by atoms with Gasteiger partial charge in [-0.25, -0.2) is 0 Å². The summed E-state index contributed by atoms with van der Waals surface area (Å²) in [6.45, 7) is 1.40. The van der Waals surface area contributed by atoms with E-state index >= 15 is 0 Å². The number of carbonyl (C=O) groups excluding carboxylic acids is 1. The minimum atomic E-state index is -4.38. The fourth-order valence-corrected chi connectivity index (χ4v) is 2.08. The van der Waals surface area contributed by atoms with Gasteiger partial charge in [0.1, 0.15) is 4.83 Å². The minimum Gasteiger partial charge on any atom is -0.468 e. The summed E-state index contributed by atoms with van der Waals surface area (Å²) in [6, 6.07) is 4.03. The van der Waals surface area contributed by atoms with E-state index in [2.05, 4.69) is 20.7 Å². The van der Waals surface area contributed by atoms with E-state index in [0.717, 1.165) is 6.07 Å². The van der Waals surface area contributed by atoms with E-state index in [1.807, 2.05) is 0 Å². The smallest absolute Gasteiger partial charge is 0.416 e. The largest absolute Gasteiger partial charge is 0.468 e. The molecule has 18 heavy (non-hydrogen) atoms. The summed E-state index contributed by atoms with van der Waals surface area (Å²) in [7, 11) is 1.23. The molecule has 0 N–H and O–H groups in total. The summed E-state index contributed by atoms with van der Waals surface area (Å²) in [5.74, 6) is -0.510. The van der Waals surface area contributed by atoms with Crippen LogP contribution in [0.4, 0.5) is 13.2 Å². The van der Waals surface area contributed by atoms with Crippen LogP contribution in [-0.4, -0.2) is 17.9 Å². The van der Waals surface area contributed by atoms with Crippen LogP contribution in [0, 0.1) is 6.92 Å². The van der Waals surface area contributed by atoms with Crippen molar-refractivity contribution in [3.05, 3.63) is 34.9 Å². The number of rotatable bonds is 3. The molecule has 0 aromatic heterocycles. The van der Waals surface area contributed by atoms with Gasteiger partial charge in [-0.05, 0) is 30.5 Å². The molecule has 1 rings (SSSR count). The summed E-state index contributed by atoms with van der Waals surface area (Å²) in [4.78, 5) is 10.5. The van der Waals surface area contributed by atoms with Crippen molar-refractivity contribution in [1.29, 1.82) is 0 Å². The summed E-state index contributed by atoms with van der Waals surface area (Å²) >= 11 is 3.08. The molecule has 6 heteroatoms. The molecule has 0 aliphatic heterocycles. The Labute approximate surface area is 111 Å². The number of carbonyl (C=O) groups is 1. The highest BCUT2D eigenvalue weighted by Crippen LogP contribution is 2.32. The molecular formula is C12H12BrF3O2. The Morgan fingerprint density at radius 2 is 2.06 bits per heavy atom. The fourth-order valence-electron chi connectivity index (χ4n) is 1.52. The summed E-state index contributed by atoms with van der Waals surface area (Å²) in [5, 5.41) is 0. The second-order valence-electron chi connectivity index (χ2n) is 3.84. The molecule has 0 heterocycles. The monoisotopic (exact) mass is 324 g/mol. The van der Waals surface area contributed by atoms with Crippen LogP contribution in [0.1, 0.15) is 16.7 Å². The molecule has 0 aliphatic carbocycles. The zero-order valence-electron chi connectivity index (χ0n) is 9.84. The number of halogens is 4. The van der Waals surface area contributed by atoms with E-state index in [9.17, 15) is 18.0 Å². The number of benzene rings is 1. The second kappa shape index (κ2) is 5.73. The SMILES string of the molecule is COC(=O)C(Br)Cc1ccc(C)c(C(F)(F)F)c1. The van der Waals surface area contributed by atoms with E-state index in [4.69, 9.17) is 0 Å². The van der Waals surface area contributed by atoms with Gasteiger partial charge >= 0.3 is 12.1 Å². The average molecular weight is 325 g/mol. The van der Waals surface area contributed by atoms with Crippen molar-refractivity contribution >= 4 is 21.9 Å². The Hall–Kier alpha value is -1.04. The molecule has 0 saturated carbocycles. The molecule has 1 aromatic carbocycles. The van der Waals surface area contributed by atoms with E-state index < -0.39 is 22.5 Å². The Balaban J connectivity index is 2.96. The maximum atomic E-state index is 12.7. The highest BCUT2D eigenvalue weighted by Gasteiger charge is 2.32. The van der Waals surface area contributed by atoms with Crippen LogP contribution in [0.2, 0.25) is 0 Å². The van der Waals surface area contributed by atoms with Gasteiger partial charge in [-0.2, -0.15) is 13.2 Å². The Bertz CT molecular complexity index is 443. The third kappa shape index (κ3) is 3.73. The van der Waals surface area contributed by atoms with Crippen molar-refractivity contribution in [1.82, 2.24) is 0 Å². The van der Waals surface area contributed by atoms with Gasteiger partial charge < -0.3 is 4.74 Å². The van der Waals surface area contributed by atoms with Crippen LogP contribution in [0.3, 0.4) is 0 Å². The van der Waals surface area contributed by atoms with E-state index in [0.29, 0.717) is 5.56 Å². The van der Waals surface area contributed by atoms with Crippen molar-refractivity contribution < 1.29 is 22.7 Å². The average Bonchev–Trinajstić information content (AvgIpc) is 2.29. The molecule has 0 radical (unpaired) electrons. The second-order valence-corrected chi connectivity index (χ2v) is 4.95. The van der Waals surface area contributed by atoms with Gasteiger partial charge in [-0.15, -0.1) is 0 Å². The van der Waals surface area contributed by atoms with Crippen LogP contribution in [0.25, 0.3) is 0 Å². The maximum absolute atomic E-state index is 12.7. The number of esters is 1. The van der Waals surface area contributed by atoms with E-state index in [1.165, 1.54) is 20.1 Å². The van der Waals surface area contributed by atoms with Crippen molar-refractivity contribution in [3.8, 4) is 0 Å². The maximum Gasteiger partial charge on any atom is 0.416 e. The lowest BCUT2D eigenvalue weighted by Gasteiger charge is -2.13. The topological polar surface area (TPSA) is 26.3 Å². The van der Waals surface area contributed by atoms with Gasteiger partial charge in [-0.1, -0.05) is 28.1 Å². The number of ether oxygens (including phenoxy) is 1. The lowest BCUT2D eigenvalue weighted by Crippen LogP contribution is -2.18. The van der Waals surface area contributed by atoms with E-state index in [-0.39, 0.29) is 12.0 Å². The first-order valence-electron chi connectivity index (χ1n) is 5.14. The van der Waals surface area contributed by atoms with Gasteiger partial charge in [0.25, 0.3) is 0 Å². The van der Waals surface area contributed by atoms with Crippen LogP contribution in [0.15, 0.2) is 18.2 Å². The Morgan fingerprint density at radius 1 is 1.44 bits per heavy atom. The summed E-state index contributed by atoms with van der Waals surface area (Å²) in [5.41, 5.74) is -0.0831. The fraction of sp³-hybridized carbons (Fsp3) is 0.417. The zero-order valence-corrected chi connectivity index (χ0v) is 11.4. The van der Waals surface area contributed by atoms with Crippen molar-refractivity contribution in [2.45, 2.75) is 24.3 Å². The summed E-state index contributed by atoms with van der Waals surface area (Å²) in [6.07, 6.45) is -4.23. The van der Waals surface area contributed by atoms with Gasteiger partial charge in [0.2, 0.25) is 0 Å². The number of methoxy groups -OCH3 is 1. The lowest BCUT2D eigenvalue weighted by atomic mass is 10.0. The Kier molecular flexibility index (Phi) is 4.78. The van der Waals surface area contributed by atoms with Gasteiger partial charge in [-0.3, -0.25) is 4.79 Å². The van der Waals surface area contributed by atoms with Crippen molar-refractivity contribution in [3.63, 3.8) is 0 Å². The number of hydrogen-bond acceptors (Lipinski definition) is 2. The summed E-state index contributed by atoms with van der Waals surface area (Å²) < 4.78 is 42.6. The van der Waals surface area contributed by atoms with Crippen LogP contribution >= 0.6 is 15.9 Å². The van der Waals surface area contributed by atoms with Crippen LogP contribution in [0.5, 0.6) is 0 Å². The number of hydrogen-bond donors (Lipinski definition) is 0. The molecular weight excluding hydrogens is 313 g/mol. The van der Waals surface area contributed by atoms with Crippen molar-refractivity contribution in [2.24, 2.45) is 0 Å². The van der Waals surface area contributed by atoms with E-state index in [1.54, 1.807) is 6.07 Å². The highest BCUT2D eigenvalue weighted by atomic mass is 79.9. The first-order chi connectivity index (χ1) is 8.25. The standard InChI is InChI=1S/C12H12BrF3O2/c1-7-3-4-8(5-9(7)12(14,15)16)6-10(13)11(17)18-2/h3-5,10H,6H2,1-2H3. The molecule has 1 atom stereocenters. The van der Waals surface area contributed by atoms with Gasteiger partial charge in [0.05, 0.1) is 12.7 Å². The van der Waals surface area contributed by atoms with Gasteiger partial charge in [0.15, 0.2) is 0 Å². The van der Waals surface area contributed by atoms with Crippen molar-refractivity contribution in [2.75, 3.05) is 7.11 Å². The minimum absolute atomic E-state index is 0.149. The third-order valence-corrected chi connectivity index (χ3v) is 3.18. The molecule has 0 aliphatic rings. The quantitative estimate of drug-likeness (QED) is 0.628. The lowest BCUT2D eigenvalue weighted by molar-refractivity contribution is -0.139. The molecule has 0 amide bonds. The zero-order chi connectivity index (χ0) is 13.9. The molecule has 1 aromatic rings. The number of alkyl halides is 4. The normalized spacial score (nSPS) is 13.2. The number of aryl methyl sites for hydroxylation is 1. The highest BCUT2D eigenvalue weighted by molar-refractivity contribution is 9.10. The molecule has 1 unspecified atom stereocenters. The first kappa shape index (κ1) is 15.0. The first-order valence-corrected chi connectivity index (χ1v) is 6.06.